The van der Waals surface area contributed by atoms with E-state index < -0.39 is 0 Å². The van der Waals surface area contributed by atoms with E-state index in [9.17, 15) is 4.79 Å². The number of nitrogens with zero attached hydrogens (tertiary/aromatic N) is 2. The van der Waals surface area contributed by atoms with Gasteiger partial charge in [-0.2, -0.15) is 0 Å². The van der Waals surface area contributed by atoms with Crippen LogP contribution in [0.4, 0.5) is 5.13 Å². The van der Waals surface area contributed by atoms with Crippen LogP contribution in [0.5, 0.6) is 0 Å². The number of carbonyl (C=O) groups excluding carboxylic acids is 1. The molecule has 0 bridgehead atoms. The smallest absolute Gasteiger partial charge is 0.258 e. The maximum atomic E-state index is 13.4. The Hall–Kier alpha value is -3.87. The number of benzene rings is 3. The fraction of sp³-hybridized carbons (Fsp3) is 0. The van der Waals surface area contributed by atoms with Crippen LogP contribution in [0.3, 0.4) is 0 Å². The van der Waals surface area contributed by atoms with Gasteiger partial charge in [0.2, 0.25) is 0 Å². The number of thiazole rings is 1. The van der Waals surface area contributed by atoms with Gasteiger partial charge >= 0.3 is 0 Å². The van der Waals surface area contributed by atoms with E-state index in [0.29, 0.717) is 10.7 Å². The summed E-state index contributed by atoms with van der Waals surface area (Å²) < 4.78 is 0. The van der Waals surface area contributed by atoms with E-state index in [-0.39, 0.29) is 5.91 Å². The number of aromatic nitrogens is 2. The quantitative estimate of drug-likeness (QED) is 0.297. The second kappa shape index (κ2) is 7.07. The minimum atomic E-state index is -0.176. The van der Waals surface area contributed by atoms with Crippen LogP contribution >= 0.6 is 22.7 Å². The number of hydrogen-bond acceptors (Lipinski definition) is 5. The molecular formula is C27H15N3OS2. The van der Waals surface area contributed by atoms with Crippen LogP contribution in [0.2, 0.25) is 0 Å². The number of hydrogen-bond donors (Lipinski definition) is 1. The van der Waals surface area contributed by atoms with Crippen molar-refractivity contribution in [3.8, 4) is 32.3 Å². The van der Waals surface area contributed by atoms with Crippen molar-refractivity contribution in [2.45, 2.75) is 0 Å². The van der Waals surface area contributed by atoms with Crippen LogP contribution < -0.4 is 5.32 Å². The van der Waals surface area contributed by atoms with Gasteiger partial charge in [-0.1, -0.05) is 72.0 Å². The zero-order chi connectivity index (χ0) is 21.9. The monoisotopic (exact) mass is 461 g/mol. The molecule has 1 N–H and O–H groups in total. The van der Waals surface area contributed by atoms with Gasteiger partial charge in [0.15, 0.2) is 5.13 Å². The summed E-state index contributed by atoms with van der Waals surface area (Å²) in [5.41, 5.74) is 5.46. The predicted octanol–water partition coefficient (Wildman–Crippen LogP) is 7.47. The molecule has 7 rings (SSSR count). The van der Waals surface area contributed by atoms with Gasteiger partial charge in [-0.05, 0) is 34.4 Å². The van der Waals surface area contributed by atoms with Crippen molar-refractivity contribution in [3.63, 3.8) is 0 Å². The summed E-state index contributed by atoms with van der Waals surface area (Å²) in [6.07, 6.45) is 0. The maximum Gasteiger partial charge on any atom is 0.258 e. The third-order valence-electron chi connectivity index (χ3n) is 5.99. The average molecular weight is 462 g/mol. The summed E-state index contributed by atoms with van der Waals surface area (Å²) in [5.74, 6) is -0.176. The summed E-state index contributed by atoms with van der Waals surface area (Å²) >= 11 is 3.14. The summed E-state index contributed by atoms with van der Waals surface area (Å²) in [6, 6.07) is 26.3. The first kappa shape index (κ1) is 18.7. The largest absolute Gasteiger partial charge is 0.298 e. The zero-order valence-electron chi connectivity index (χ0n) is 17.2. The molecular weight excluding hydrogens is 446 g/mol. The highest BCUT2D eigenvalue weighted by molar-refractivity contribution is 7.20. The molecule has 3 aromatic carbocycles. The van der Waals surface area contributed by atoms with Crippen LogP contribution in [0.25, 0.3) is 53.9 Å². The number of fused-ring (bicyclic) bond motifs is 4. The number of rotatable bonds is 3. The fourth-order valence-corrected chi connectivity index (χ4v) is 6.24. The second-order valence-electron chi connectivity index (χ2n) is 7.91. The lowest BCUT2D eigenvalue weighted by Gasteiger charge is -2.09. The van der Waals surface area contributed by atoms with Crippen molar-refractivity contribution < 1.29 is 4.79 Å². The Morgan fingerprint density at radius 2 is 1.70 bits per heavy atom. The first-order chi connectivity index (χ1) is 16.3. The minimum Gasteiger partial charge on any atom is -0.298 e. The molecule has 156 valence electrons. The van der Waals surface area contributed by atoms with Crippen molar-refractivity contribution in [1.82, 2.24) is 9.97 Å². The Balaban J connectivity index is 1.30. The molecule has 3 aromatic heterocycles. The van der Waals surface area contributed by atoms with Crippen LogP contribution in [-0.4, -0.2) is 15.9 Å². The lowest BCUT2D eigenvalue weighted by molar-refractivity contribution is 0.102. The Bertz CT molecular complexity index is 1660. The van der Waals surface area contributed by atoms with E-state index in [2.05, 4.69) is 41.7 Å². The molecule has 1 aliphatic rings. The average Bonchev–Trinajstić information content (AvgIpc) is 3.58. The minimum absolute atomic E-state index is 0.176. The van der Waals surface area contributed by atoms with Gasteiger partial charge in [0.25, 0.3) is 5.91 Å². The fourth-order valence-electron chi connectivity index (χ4n) is 4.54. The molecule has 4 nitrogen and oxygen atoms in total. The standard InChI is InChI=1S/C27H15N3OS2/c31-26(19-14-21(22-12-5-13-32-22)28-20-11-2-1-8-16(19)20)30-27-29-24-17-9-3-6-15-7-4-10-18(23(15)17)25(24)33-27/h1-14H,(H,29,30,31). The molecule has 0 saturated heterocycles. The van der Waals surface area contributed by atoms with Gasteiger partial charge in [-0.3, -0.25) is 10.1 Å². The molecule has 0 saturated carbocycles. The SMILES string of the molecule is O=C(Nc1nc2c(s1)-c1cccc3cccc-2c13)c1cc(-c2cccs2)nc2ccccc12. The number of thiophene rings is 1. The van der Waals surface area contributed by atoms with Crippen molar-refractivity contribution in [2.75, 3.05) is 5.32 Å². The number of nitrogens with one attached hydrogen (secondary N) is 1. The Morgan fingerprint density at radius 3 is 2.55 bits per heavy atom. The summed E-state index contributed by atoms with van der Waals surface area (Å²) in [4.78, 5) is 25.2. The highest BCUT2D eigenvalue weighted by atomic mass is 32.1. The molecule has 6 heteroatoms. The topological polar surface area (TPSA) is 54.9 Å². The number of amides is 1. The third-order valence-corrected chi connectivity index (χ3v) is 7.88. The van der Waals surface area contributed by atoms with Gasteiger partial charge in [0.05, 0.1) is 32.2 Å². The van der Waals surface area contributed by atoms with Gasteiger partial charge in [-0.15, -0.1) is 11.3 Å². The van der Waals surface area contributed by atoms with Crippen LogP contribution in [0.1, 0.15) is 10.4 Å². The molecule has 0 unspecified atom stereocenters. The van der Waals surface area contributed by atoms with E-state index in [0.717, 1.165) is 37.6 Å². The van der Waals surface area contributed by atoms with Crippen LogP contribution in [0.15, 0.2) is 84.2 Å². The van der Waals surface area contributed by atoms with E-state index in [1.54, 1.807) is 11.3 Å². The third kappa shape index (κ3) is 2.85. The molecule has 3 heterocycles. The van der Waals surface area contributed by atoms with Gasteiger partial charge in [-0.25, -0.2) is 9.97 Å². The van der Waals surface area contributed by atoms with E-state index in [4.69, 9.17) is 9.97 Å². The Labute approximate surface area is 197 Å². The highest BCUT2D eigenvalue weighted by Crippen LogP contribution is 2.50. The number of para-hydroxylation sites is 1. The Kier molecular flexibility index (Phi) is 4.00. The summed E-state index contributed by atoms with van der Waals surface area (Å²) in [6.45, 7) is 0. The Morgan fingerprint density at radius 1 is 0.848 bits per heavy atom. The molecule has 0 fully saturated rings. The molecule has 0 atom stereocenters. The first-order valence-electron chi connectivity index (χ1n) is 10.5. The summed E-state index contributed by atoms with van der Waals surface area (Å²) in [7, 11) is 0. The van der Waals surface area contributed by atoms with E-state index >= 15 is 0 Å². The molecule has 1 amide bonds. The number of anilines is 1. The van der Waals surface area contributed by atoms with E-state index in [1.807, 2.05) is 47.8 Å². The van der Waals surface area contributed by atoms with Crippen molar-refractivity contribution >= 4 is 55.4 Å². The number of pyridine rings is 1. The maximum absolute atomic E-state index is 13.4. The molecule has 0 aliphatic heterocycles. The first-order valence-corrected chi connectivity index (χ1v) is 12.2. The molecule has 1 aliphatic carbocycles. The number of carbonyl (C=O) groups is 1. The lowest BCUT2D eigenvalue weighted by Crippen LogP contribution is -2.13. The second-order valence-corrected chi connectivity index (χ2v) is 9.86. The normalized spacial score (nSPS) is 11.8. The van der Waals surface area contributed by atoms with Crippen LogP contribution in [-0.2, 0) is 0 Å². The highest BCUT2D eigenvalue weighted by Gasteiger charge is 2.26. The predicted molar refractivity (Wildman–Crippen MR) is 137 cm³/mol. The van der Waals surface area contributed by atoms with Gasteiger partial charge < -0.3 is 0 Å². The zero-order valence-corrected chi connectivity index (χ0v) is 18.8. The van der Waals surface area contributed by atoms with Crippen molar-refractivity contribution in [3.05, 3.63) is 89.8 Å². The molecule has 0 radical (unpaired) electrons. The van der Waals surface area contributed by atoms with Gasteiger partial charge in [0, 0.05) is 16.5 Å². The molecule has 6 aromatic rings. The summed E-state index contributed by atoms with van der Waals surface area (Å²) in [5, 5.41) is 8.97. The molecule has 0 spiro atoms. The van der Waals surface area contributed by atoms with E-state index in [1.165, 1.54) is 27.7 Å². The lowest BCUT2D eigenvalue weighted by atomic mass is 10.0. The van der Waals surface area contributed by atoms with Crippen molar-refractivity contribution in [1.29, 1.82) is 0 Å². The van der Waals surface area contributed by atoms with Gasteiger partial charge in [0.1, 0.15) is 0 Å². The van der Waals surface area contributed by atoms with Crippen molar-refractivity contribution in [2.24, 2.45) is 0 Å². The molecule has 33 heavy (non-hydrogen) atoms. The van der Waals surface area contributed by atoms with Crippen LogP contribution in [0, 0.1) is 0 Å².